The molecule has 0 spiro atoms. The molecule has 1 atom stereocenters. The van der Waals surface area contributed by atoms with Gasteiger partial charge in [-0.1, -0.05) is 29.8 Å². The molecule has 0 fully saturated rings. The number of nitrogens with zero attached hydrogens (tertiary/aromatic N) is 1. The van der Waals surface area contributed by atoms with Crippen molar-refractivity contribution in [2.75, 3.05) is 7.05 Å². The number of aryl methyl sites for hydroxylation is 1. The lowest BCUT2D eigenvalue weighted by molar-refractivity contribution is 0.591. The predicted octanol–water partition coefficient (Wildman–Crippen LogP) is 2.89. The molecule has 0 bridgehead atoms. The van der Waals surface area contributed by atoms with Crippen LogP contribution in [0.1, 0.15) is 22.7 Å². The van der Waals surface area contributed by atoms with E-state index in [0.29, 0.717) is 6.04 Å². The Bertz CT molecular complexity index is 465. The third-order valence-corrected chi connectivity index (χ3v) is 2.98. The van der Waals surface area contributed by atoms with Gasteiger partial charge >= 0.3 is 0 Å². The highest BCUT2D eigenvalue weighted by Crippen LogP contribution is 2.17. The van der Waals surface area contributed by atoms with E-state index in [-0.39, 0.29) is 0 Å². The van der Waals surface area contributed by atoms with E-state index >= 15 is 0 Å². The molecule has 1 N–H and O–H groups in total. The lowest BCUT2D eigenvalue weighted by Crippen LogP contribution is -2.18. The molecule has 1 unspecified atom stereocenters. The van der Waals surface area contributed by atoms with Gasteiger partial charge in [-0.15, -0.1) is 0 Å². The maximum absolute atomic E-state index is 4.06. The first-order valence-corrected chi connectivity index (χ1v) is 5.92. The van der Waals surface area contributed by atoms with E-state index in [2.05, 4.69) is 53.6 Å². The molecule has 2 nitrogen and oxygen atoms in total. The number of rotatable bonds is 4. The molecule has 2 aromatic rings. The molecule has 0 aliphatic carbocycles. The first-order chi connectivity index (χ1) is 8.29. The molecule has 0 aliphatic rings. The van der Waals surface area contributed by atoms with Crippen molar-refractivity contribution < 1.29 is 0 Å². The van der Waals surface area contributed by atoms with E-state index in [4.69, 9.17) is 0 Å². The van der Waals surface area contributed by atoms with E-state index < -0.39 is 0 Å². The van der Waals surface area contributed by atoms with Gasteiger partial charge in [-0.3, -0.25) is 4.98 Å². The van der Waals surface area contributed by atoms with Gasteiger partial charge in [0.2, 0.25) is 0 Å². The van der Waals surface area contributed by atoms with Crippen molar-refractivity contribution in [2.45, 2.75) is 19.4 Å². The summed E-state index contributed by atoms with van der Waals surface area (Å²) in [5.41, 5.74) is 3.96. The van der Waals surface area contributed by atoms with Crippen LogP contribution in [0.5, 0.6) is 0 Å². The average molecular weight is 226 g/mol. The van der Waals surface area contributed by atoms with E-state index in [9.17, 15) is 0 Å². The van der Waals surface area contributed by atoms with Gasteiger partial charge in [0, 0.05) is 18.4 Å². The molecule has 17 heavy (non-hydrogen) atoms. The number of likely N-dealkylation sites (N-methyl/N-ethyl adjacent to an activating group) is 1. The Balaban J connectivity index is 2.16. The summed E-state index contributed by atoms with van der Waals surface area (Å²) < 4.78 is 0. The van der Waals surface area contributed by atoms with Crippen LogP contribution in [0, 0.1) is 6.92 Å². The number of aromatic nitrogens is 1. The summed E-state index contributed by atoms with van der Waals surface area (Å²) in [7, 11) is 2.00. The zero-order chi connectivity index (χ0) is 12.1. The van der Waals surface area contributed by atoms with Gasteiger partial charge in [-0.05, 0) is 43.7 Å². The van der Waals surface area contributed by atoms with E-state index in [1.807, 2.05) is 19.4 Å². The second-order valence-corrected chi connectivity index (χ2v) is 4.31. The normalized spacial score (nSPS) is 12.4. The maximum atomic E-state index is 4.06. The van der Waals surface area contributed by atoms with Crippen molar-refractivity contribution in [3.63, 3.8) is 0 Å². The zero-order valence-corrected chi connectivity index (χ0v) is 10.4. The van der Waals surface area contributed by atoms with Gasteiger partial charge in [-0.25, -0.2) is 0 Å². The summed E-state index contributed by atoms with van der Waals surface area (Å²) >= 11 is 0. The molecule has 0 saturated carbocycles. The molecule has 2 rings (SSSR count). The number of pyridine rings is 1. The number of hydrogen-bond donors (Lipinski definition) is 1. The van der Waals surface area contributed by atoms with Crippen LogP contribution < -0.4 is 5.32 Å². The molecular formula is C15H18N2. The molecule has 1 heterocycles. The monoisotopic (exact) mass is 226 g/mol. The van der Waals surface area contributed by atoms with Crippen LogP contribution in [0.2, 0.25) is 0 Å². The van der Waals surface area contributed by atoms with Crippen molar-refractivity contribution in [1.82, 2.24) is 10.3 Å². The van der Waals surface area contributed by atoms with Gasteiger partial charge < -0.3 is 5.32 Å². The second kappa shape index (κ2) is 5.60. The minimum atomic E-state index is 0.347. The van der Waals surface area contributed by atoms with E-state index in [0.717, 1.165) is 6.42 Å². The Hall–Kier alpha value is -1.67. The van der Waals surface area contributed by atoms with Crippen molar-refractivity contribution >= 4 is 0 Å². The maximum Gasteiger partial charge on any atom is 0.0359 e. The highest BCUT2D eigenvalue weighted by molar-refractivity contribution is 5.25. The summed E-state index contributed by atoms with van der Waals surface area (Å²) in [6.07, 6.45) is 4.69. The lowest BCUT2D eigenvalue weighted by Gasteiger charge is -2.16. The Labute approximate surface area is 103 Å². The molecular weight excluding hydrogens is 208 g/mol. The zero-order valence-electron chi connectivity index (χ0n) is 10.4. The molecule has 0 radical (unpaired) electrons. The van der Waals surface area contributed by atoms with Gasteiger partial charge in [0.05, 0.1) is 0 Å². The molecule has 0 amide bonds. The SMILES string of the molecule is CNC(Cc1cccc(C)c1)c1ccncc1. The molecule has 0 saturated heterocycles. The smallest absolute Gasteiger partial charge is 0.0359 e. The van der Waals surface area contributed by atoms with Crippen LogP contribution in [0.15, 0.2) is 48.8 Å². The van der Waals surface area contributed by atoms with Crippen LogP contribution in [0.3, 0.4) is 0 Å². The highest BCUT2D eigenvalue weighted by Gasteiger charge is 2.09. The minimum absolute atomic E-state index is 0.347. The van der Waals surface area contributed by atoms with E-state index in [1.54, 1.807) is 0 Å². The number of nitrogens with one attached hydrogen (secondary N) is 1. The first kappa shape index (κ1) is 11.8. The fraction of sp³-hybridized carbons (Fsp3) is 0.267. The van der Waals surface area contributed by atoms with Crippen LogP contribution in [-0.4, -0.2) is 12.0 Å². The fourth-order valence-corrected chi connectivity index (χ4v) is 2.06. The minimum Gasteiger partial charge on any atom is -0.313 e. The summed E-state index contributed by atoms with van der Waals surface area (Å²) in [5.74, 6) is 0. The first-order valence-electron chi connectivity index (χ1n) is 5.92. The second-order valence-electron chi connectivity index (χ2n) is 4.31. The lowest BCUT2D eigenvalue weighted by atomic mass is 9.99. The molecule has 88 valence electrons. The highest BCUT2D eigenvalue weighted by atomic mass is 14.9. The van der Waals surface area contributed by atoms with Crippen molar-refractivity contribution in [3.8, 4) is 0 Å². The van der Waals surface area contributed by atoms with E-state index in [1.165, 1.54) is 16.7 Å². The number of hydrogen-bond acceptors (Lipinski definition) is 2. The van der Waals surface area contributed by atoms with Gasteiger partial charge in [0.25, 0.3) is 0 Å². The van der Waals surface area contributed by atoms with Crippen LogP contribution in [0.25, 0.3) is 0 Å². The summed E-state index contributed by atoms with van der Waals surface area (Å²) in [6.45, 7) is 2.13. The van der Waals surface area contributed by atoms with Crippen LogP contribution in [-0.2, 0) is 6.42 Å². The third kappa shape index (κ3) is 3.14. The average Bonchev–Trinajstić information content (AvgIpc) is 2.37. The van der Waals surface area contributed by atoms with Crippen LogP contribution >= 0.6 is 0 Å². The third-order valence-electron chi connectivity index (χ3n) is 2.98. The summed E-state index contributed by atoms with van der Waals surface area (Å²) in [5, 5.41) is 3.36. The summed E-state index contributed by atoms with van der Waals surface area (Å²) in [6, 6.07) is 13.1. The van der Waals surface area contributed by atoms with Crippen molar-refractivity contribution in [2.24, 2.45) is 0 Å². The Morgan fingerprint density at radius 3 is 2.59 bits per heavy atom. The van der Waals surface area contributed by atoms with Crippen LogP contribution in [0.4, 0.5) is 0 Å². The molecule has 1 aromatic heterocycles. The summed E-state index contributed by atoms with van der Waals surface area (Å²) in [4.78, 5) is 4.06. The fourth-order valence-electron chi connectivity index (χ4n) is 2.06. The van der Waals surface area contributed by atoms with Crippen molar-refractivity contribution in [3.05, 3.63) is 65.5 Å². The quantitative estimate of drug-likeness (QED) is 0.867. The Morgan fingerprint density at radius 2 is 1.94 bits per heavy atom. The number of benzene rings is 1. The van der Waals surface area contributed by atoms with Gasteiger partial charge in [0.15, 0.2) is 0 Å². The topological polar surface area (TPSA) is 24.9 Å². The standard InChI is InChI=1S/C15H18N2/c1-12-4-3-5-13(10-12)11-15(16-2)14-6-8-17-9-7-14/h3-10,15-16H,11H2,1-2H3. The van der Waals surface area contributed by atoms with Gasteiger partial charge in [0.1, 0.15) is 0 Å². The largest absolute Gasteiger partial charge is 0.313 e. The Morgan fingerprint density at radius 1 is 1.18 bits per heavy atom. The predicted molar refractivity (Wildman–Crippen MR) is 70.9 cm³/mol. The van der Waals surface area contributed by atoms with Gasteiger partial charge in [-0.2, -0.15) is 0 Å². The molecule has 2 heteroatoms. The Kier molecular flexibility index (Phi) is 3.89. The van der Waals surface area contributed by atoms with Crippen molar-refractivity contribution in [1.29, 1.82) is 0 Å². The molecule has 1 aromatic carbocycles. The molecule has 0 aliphatic heterocycles.